The van der Waals surface area contributed by atoms with Crippen molar-refractivity contribution in [1.29, 1.82) is 5.26 Å². The smallest absolute Gasteiger partial charge is 0.266 e. The zero-order chi connectivity index (χ0) is 23.5. The van der Waals surface area contributed by atoms with Crippen LogP contribution >= 0.6 is 0 Å². The van der Waals surface area contributed by atoms with Gasteiger partial charge in [-0.15, -0.1) is 0 Å². The number of nitrogens with zero attached hydrogens (tertiary/aromatic N) is 2. The number of nitriles is 1. The topological polar surface area (TPSA) is 65.4 Å². The van der Waals surface area contributed by atoms with Crippen LogP contribution in [0.15, 0.2) is 48.0 Å². The molecule has 0 bridgehead atoms. The molecule has 1 N–H and O–H groups in total. The van der Waals surface area contributed by atoms with Gasteiger partial charge in [0.15, 0.2) is 0 Å². The number of ether oxygens (including phenoxy) is 1. The second-order valence-electron chi connectivity index (χ2n) is 8.71. The number of benzene rings is 2. The summed E-state index contributed by atoms with van der Waals surface area (Å²) in [6.07, 6.45) is 5.01. The number of hydrogen-bond donors (Lipinski definition) is 1. The number of nitrogens with one attached hydrogen (secondary N) is 1. The molecule has 0 atom stereocenters. The first-order valence-electron chi connectivity index (χ1n) is 10.9. The maximum absolute atomic E-state index is 12.8. The molecule has 2 aromatic carbocycles. The Balaban J connectivity index is 1.97. The minimum Gasteiger partial charge on any atom is -0.497 e. The van der Waals surface area contributed by atoms with E-state index in [0.29, 0.717) is 11.4 Å². The molecule has 32 heavy (non-hydrogen) atoms. The number of carbonyl (C=O) groups is 1. The number of fused-ring (bicyclic) bond motifs is 1. The molecular formula is C27H31N3O2. The summed E-state index contributed by atoms with van der Waals surface area (Å²) in [6, 6.07) is 13.4. The Kier molecular flexibility index (Phi) is 6.74. The van der Waals surface area contributed by atoms with E-state index in [0.717, 1.165) is 29.7 Å². The lowest BCUT2D eigenvalue weighted by Gasteiger charge is -2.43. The van der Waals surface area contributed by atoms with Crippen LogP contribution in [0.3, 0.4) is 0 Å². The first kappa shape index (κ1) is 23.1. The van der Waals surface area contributed by atoms with Crippen molar-refractivity contribution in [2.75, 3.05) is 23.9 Å². The number of hydrogen-bond acceptors (Lipinski definition) is 4. The molecule has 0 aromatic heterocycles. The second kappa shape index (κ2) is 9.32. The molecule has 1 amide bonds. The minimum atomic E-state index is -0.445. The number of allylic oxidation sites excluding steroid dienone is 1. The Hall–Kier alpha value is -3.52. The number of carbonyl (C=O) groups excluding carboxylic acids is 1. The molecule has 0 unspecified atom stereocenters. The minimum absolute atomic E-state index is 0.0547. The van der Waals surface area contributed by atoms with Gasteiger partial charge >= 0.3 is 0 Å². The summed E-state index contributed by atoms with van der Waals surface area (Å²) < 4.78 is 5.20. The highest BCUT2D eigenvalue weighted by Gasteiger charge is 2.31. The van der Waals surface area contributed by atoms with E-state index in [2.05, 4.69) is 62.2 Å². The molecule has 0 saturated carbocycles. The van der Waals surface area contributed by atoms with Crippen LogP contribution in [0.4, 0.5) is 11.4 Å². The van der Waals surface area contributed by atoms with Crippen LogP contribution in [-0.4, -0.2) is 25.1 Å². The molecule has 3 rings (SSSR count). The Morgan fingerprint density at radius 3 is 2.66 bits per heavy atom. The van der Waals surface area contributed by atoms with E-state index in [4.69, 9.17) is 4.74 Å². The summed E-state index contributed by atoms with van der Waals surface area (Å²) in [5.41, 5.74) is 6.00. The van der Waals surface area contributed by atoms with E-state index in [1.54, 1.807) is 37.5 Å². The van der Waals surface area contributed by atoms with E-state index in [1.807, 2.05) is 6.92 Å². The van der Waals surface area contributed by atoms with Crippen molar-refractivity contribution in [3.63, 3.8) is 0 Å². The van der Waals surface area contributed by atoms with Crippen LogP contribution < -0.4 is 15.0 Å². The molecule has 2 aromatic rings. The zero-order valence-electron chi connectivity index (χ0n) is 19.7. The third-order valence-electron chi connectivity index (χ3n) is 5.81. The third-order valence-corrected chi connectivity index (χ3v) is 5.81. The summed E-state index contributed by atoms with van der Waals surface area (Å²) in [5, 5.41) is 12.5. The van der Waals surface area contributed by atoms with Gasteiger partial charge in [-0.25, -0.2) is 0 Å². The number of anilines is 2. The van der Waals surface area contributed by atoms with Crippen LogP contribution in [0.5, 0.6) is 5.75 Å². The van der Waals surface area contributed by atoms with Gasteiger partial charge in [0, 0.05) is 29.5 Å². The van der Waals surface area contributed by atoms with Gasteiger partial charge in [-0.1, -0.05) is 19.1 Å². The number of methoxy groups -OCH3 is 1. The van der Waals surface area contributed by atoms with Crippen LogP contribution in [0.25, 0.3) is 11.6 Å². The molecule has 1 heterocycles. The van der Waals surface area contributed by atoms with Crippen molar-refractivity contribution in [3.05, 3.63) is 64.7 Å². The molecule has 0 saturated heterocycles. The van der Waals surface area contributed by atoms with E-state index in [9.17, 15) is 10.1 Å². The van der Waals surface area contributed by atoms with Crippen molar-refractivity contribution in [1.82, 2.24) is 0 Å². The Morgan fingerprint density at radius 2 is 2.00 bits per heavy atom. The summed E-state index contributed by atoms with van der Waals surface area (Å²) in [7, 11) is 1.57. The van der Waals surface area contributed by atoms with Crippen LogP contribution in [0.2, 0.25) is 0 Å². The van der Waals surface area contributed by atoms with Gasteiger partial charge in [0.1, 0.15) is 17.4 Å². The molecular weight excluding hydrogens is 398 g/mol. The lowest BCUT2D eigenvalue weighted by Crippen LogP contribution is -2.45. The monoisotopic (exact) mass is 429 g/mol. The molecule has 5 nitrogen and oxygen atoms in total. The van der Waals surface area contributed by atoms with E-state index in [1.165, 1.54) is 11.3 Å². The predicted octanol–water partition coefficient (Wildman–Crippen LogP) is 5.96. The van der Waals surface area contributed by atoms with Crippen molar-refractivity contribution in [2.45, 2.75) is 46.6 Å². The van der Waals surface area contributed by atoms with Crippen molar-refractivity contribution in [2.24, 2.45) is 0 Å². The largest absolute Gasteiger partial charge is 0.497 e. The number of aryl methyl sites for hydroxylation is 1. The Labute approximate surface area is 191 Å². The average molecular weight is 430 g/mol. The fourth-order valence-corrected chi connectivity index (χ4v) is 4.24. The lowest BCUT2D eigenvalue weighted by atomic mass is 9.86. The van der Waals surface area contributed by atoms with E-state index >= 15 is 0 Å². The first-order chi connectivity index (χ1) is 15.2. The van der Waals surface area contributed by atoms with Gasteiger partial charge in [0.05, 0.1) is 12.6 Å². The van der Waals surface area contributed by atoms with Crippen LogP contribution in [0.1, 0.15) is 50.8 Å². The average Bonchev–Trinajstić information content (AvgIpc) is 2.75. The van der Waals surface area contributed by atoms with Crippen LogP contribution in [0, 0.1) is 18.3 Å². The van der Waals surface area contributed by atoms with Crippen molar-refractivity contribution in [3.8, 4) is 11.8 Å². The van der Waals surface area contributed by atoms with E-state index in [-0.39, 0.29) is 11.1 Å². The highest BCUT2D eigenvalue weighted by atomic mass is 16.5. The Bertz CT molecular complexity index is 1140. The maximum Gasteiger partial charge on any atom is 0.266 e. The normalized spacial score (nSPS) is 14.8. The predicted molar refractivity (Wildman–Crippen MR) is 132 cm³/mol. The third kappa shape index (κ3) is 4.70. The van der Waals surface area contributed by atoms with E-state index < -0.39 is 5.91 Å². The molecule has 1 aliphatic heterocycles. The highest BCUT2D eigenvalue weighted by molar-refractivity contribution is 6.10. The standard InChI is InChI=1S/C27H31N3O2/c1-7-11-30-25-12-18(2)20(14-24(25)19(3)16-27(30,4)5)13-21(17-28)26(31)29-22-9-8-10-23(15-22)32-6/h8-10,12-16H,7,11H2,1-6H3,(H,29,31)/b21-13+. The van der Waals surface area contributed by atoms with Crippen molar-refractivity contribution >= 4 is 28.9 Å². The van der Waals surface area contributed by atoms with Gasteiger partial charge in [0.2, 0.25) is 0 Å². The quantitative estimate of drug-likeness (QED) is 0.454. The number of rotatable bonds is 6. The van der Waals surface area contributed by atoms with Gasteiger partial charge < -0.3 is 15.0 Å². The van der Waals surface area contributed by atoms with Gasteiger partial charge in [0.25, 0.3) is 5.91 Å². The maximum atomic E-state index is 12.8. The van der Waals surface area contributed by atoms with Crippen LogP contribution in [-0.2, 0) is 4.79 Å². The molecule has 1 aliphatic rings. The van der Waals surface area contributed by atoms with Crippen molar-refractivity contribution < 1.29 is 9.53 Å². The molecule has 0 aliphatic carbocycles. The summed E-state index contributed by atoms with van der Waals surface area (Å²) in [4.78, 5) is 15.2. The highest BCUT2D eigenvalue weighted by Crippen LogP contribution is 2.40. The molecule has 0 spiro atoms. The molecule has 0 fully saturated rings. The SMILES string of the molecule is CCCN1c2cc(C)c(/C=C(\C#N)C(=O)Nc3cccc(OC)c3)cc2C(C)=CC1(C)C. The van der Waals surface area contributed by atoms with Gasteiger partial charge in [-0.05, 0) is 81.2 Å². The number of amides is 1. The Morgan fingerprint density at radius 1 is 1.25 bits per heavy atom. The lowest BCUT2D eigenvalue weighted by molar-refractivity contribution is -0.112. The molecule has 5 heteroatoms. The fraction of sp³-hybridized carbons (Fsp3) is 0.333. The molecule has 0 radical (unpaired) electrons. The first-order valence-corrected chi connectivity index (χ1v) is 10.9. The molecule has 166 valence electrons. The summed E-state index contributed by atoms with van der Waals surface area (Å²) in [5.74, 6) is 0.191. The van der Waals surface area contributed by atoms with Gasteiger partial charge in [-0.3, -0.25) is 4.79 Å². The summed E-state index contributed by atoms with van der Waals surface area (Å²) >= 11 is 0. The summed E-state index contributed by atoms with van der Waals surface area (Å²) in [6.45, 7) is 11.7. The second-order valence-corrected chi connectivity index (χ2v) is 8.71. The van der Waals surface area contributed by atoms with Gasteiger partial charge in [-0.2, -0.15) is 5.26 Å². The zero-order valence-corrected chi connectivity index (χ0v) is 19.7. The fourth-order valence-electron chi connectivity index (χ4n) is 4.24.